The third kappa shape index (κ3) is 7.45. The number of rotatable bonds is 8. The fourth-order valence-electron chi connectivity index (χ4n) is 1.04. The molecule has 0 aliphatic rings. The second-order valence-electron chi connectivity index (χ2n) is 2.77. The molecule has 0 aromatic rings. The molecule has 0 aromatic carbocycles. The van der Waals surface area contributed by atoms with Crippen molar-refractivity contribution in [2.24, 2.45) is 20.0 Å². The summed E-state index contributed by atoms with van der Waals surface area (Å²) in [5.74, 6) is 0. The molecule has 0 aromatic heterocycles. The predicted octanol–water partition coefficient (Wildman–Crippen LogP) is 0.152. The quantitative estimate of drug-likeness (QED) is 0.440. The van der Waals surface area contributed by atoms with Gasteiger partial charge in [-0.1, -0.05) is 0 Å². The van der Waals surface area contributed by atoms with Crippen LogP contribution in [-0.4, -0.2) is 36.7 Å². The van der Waals surface area contributed by atoms with Crippen molar-refractivity contribution < 1.29 is 19.2 Å². The van der Waals surface area contributed by atoms with E-state index in [0.29, 0.717) is 6.42 Å². The average molecular weight is 236 g/mol. The molecule has 0 fully saturated rings. The Hall–Kier alpha value is -2.48. The highest BCUT2D eigenvalue weighted by Crippen LogP contribution is 2.09. The fraction of sp³-hybridized carbons (Fsp3) is 0.556. The Balaban J connectivity index is 4.25. The van der Waals surface area contributed by atoms with Gasteiger partial charge < -0.3 is 0 Å². The molecule has 0 aliphatic heterocycles. The van der Waals surface area contributed by atoms with Gasteiger partial charge in [0.15, 0.2) is 12.3 Å². The predicted molar refractivity (Wildman–Crippen MR) is 53.9 cm³/mol. The fourth-order valence-corrected chi connectivity index (χ4v) is 1.04. The first-order valence-corrected chi connectivity index (χ1v) is 4.56. The average Bonchev–Trinajstić information content (AvgIpc) is 2.30. The maximum absolute atomic E-state index is 9.97. The van der Waals surface area contributed by atoms with Crippen LogP contribution >= 0.6 is 0 Å². The number of hydrogen-bond acceptors (Lipinski definition) is 8. The molecule has 0 amide bonds. The van der Waals surface area contributed by atoms with Gasteiger partial charge in [-0.2, -0.15) is 20.0 Å². The lowest BCUT2D eigenvalue weighted by Gasteiger charge is -2.04. The Kier molecular flexibility index (Phi) is 8.59. The molecule has 17 heavy (non-hydrogen) atoms. The van der Waals surface area contributed by atoms with Crippen LogP contribution in [0.2, 0.25) is 0 Å². The molecule has 0 saturated heterocycles. The van der Waals surface area contributed by atoms with Crippen LogP contribution in [-0.2, 0) is 19.2 Å². The highest BCUT2D eigenvalue weighted by atomic mass is 16.1. The molecule has 0 spiro atoms. The van der Waals surface area contributed by atoms with Crippen LogP contribution in [0.25, 0.3) is 0 Å². The summed E-state index contributed by atoms with van der Waals surface area (Å²) >= 11 is 0. The zero-order valence-electron chi connectivity index (χ0n) is 8.70. The summed E-state index contributed by atoms with van der Waals surface area (Å²) in [5, 5.41) is 0. The molecule has 0 radical (unpaired) electrons. The lowest BCUT2D eigenvalue weighted by molar-refractivity contribution is 0.508. The summed E-state index contributed by atoms with van der Waals surface area (Å²) in [4.78, 5) is 52.9. The molecule has 0 aliphatic carbocycles. The van der Waals surface area contributed by atoms with Gasteiger partial charge in [0.2, 0.25) is 24.3 Å². The molecule has 0 bridgehead atoms. The van der Waals surface area contributed by atoms with Crippen molar-refractivity contribution in [3.63, 3.8) is 0 Å². The smallest absolute Gasteiger partial charge is 0.211 e. The normalized spacial score (nSPS) is 11.8. The van der Waals surface area contributed by atoms with Crippen LogP contribution < -0.4 is 0 Å². The highest BCUT2D eigenvalue weighted by Gasteiger charge is 2.08. The lowest BCUT2D eigenvalue weighted by Crippen LogP contribution is -2.04. The van der Waals surface area contributed by atoms with Crippen molar-refractivity contribution in [1.29, 1.82) is 0 Å². The third-order valence-corrected chi connectivity index (χ3v) is 1.73. The van der Waals surface area contributed by atoms with Crippen molar-refractivity contribution in [2.45, 2.75) is 31.6 Å². The molecule has 88 valence electrons. The molecule has 0 rings (SSSR count). The van der Waals surface area contributed by atoms with Gasteiger partial charge in [-0.25, -0.2) is 19.2 Å². The minimum absolute atomic E-state index is 0.254. The minimum atomic E-state index is -0.855. The van der Waals surface area contributed by atoms with Crippen molar-refractivity contribution in [1.82, 2.24) is 0 Å². The van der Waals surface area contributed by atoms with Gasteiger partial charge >= 0.3 is 0 Å². The summed E-state index contributed by atoms with van der Waals surface area (Å²) in [6.45, 7) is 0. The van der Waals surface area contributed by atoms with Gasteiger partial charge in [0.1, 0.15) is 0 Å². The molecule has 0 heterocycles. The Morgan fingerprint density at radius 1 is 0.647 bits per heavy atom. The molecule has 0 N–H and O–H groups in total. The molecule has 0 atom stereocenters. The summed E-state index contributed by atoms with van der Waals surface area (Å²) in [7, 11) is 0. The van der Waals surface area contributed by atoms with Crippen LogP contribution in [0.15, 0.2) is 20.0 Å². The van der Waals surface area contributed by atoms with E-state index in [1.54, 1.807) is 0 Å². The second-order valence-corrected chi connectivity index (χ2v) is 2.77. The number of isocyanates is 4. The van der Waals surface area contributed by atoms with Gasteiger partial charge in [-0.05, 0) is 19.3 Å². The summed E-state index contributed by atoms with van der Waals surface area (Å²) in [5.41, 5.74) is 0. The van der Waals surface area contributed by atoms with Gasteiger partial charge in [0, 0.05) is 0 Å². The lowest BCUT2D eigenvalue weighted by atomic mass is 10.2. The molecule has 0 unspecified atom stereocenters. The summed E-state index contributed by atoms with van der Waals surface area (Å²) in [6.07, 6.45) is 4.27. The first-order valence-electron chi connectivity index (χ1n) is 4.56. The number of hydrogen-bond donors (Lipinski definition) is 0. The second kappa shape index (κ2) is 10.1. The van der Waals surface area contributed by atoms with Gasteiger partial charge in [0.05, 0.1) is 0 Å². The standard InChI is InChI=1S/C9H8N4O4/c14-4-10-8(11-5-15)2-1-3-9(12-6-16)13-7-17/h8-9H,1-3H2. The van der Waals surface area contributed by atoms with Gasteiger partial charge in [-0.3, -0.25) is 0 Å². The van der Waals surface area contributed by atoms with Crippen molar-refractivity contribution in [2.75, 3.05) is 0 Å². The van der Waals surface area contributed by atoms with E-state index in [1.165, 1.54) is 24.3 Å². The van der Waals surface area contributed by atoms with Crippen LogP contribution in [0.4, 0.5) is 0 Å². The highest BCUT2D eigenvalue weighted by molar-refractivity contribution is 5.37. The van der Waals surface area contributed by atoms with E-state index in [0.717, 1.165) is 0 Å². The number of aliphatic imine (C=N–C) groups is 4. The van der Waals surface area contributed by atoms with E-state index in [2.05, 4.69) is 20.0 Å². The van der Waals surface area contributed by atoms with Crippen LogP contribution in [0.5, 0.6) is 0 Å². The van der Waals surface area contributed by atoms with Gasteiger partial charge in [-0.15, -0.1) is 0 Å². The van der Waals surface area contributed by atoms with Crippen LogP contribution in [0.1, 0.15) is 19.3 Å². The number of nitrogens with zero attached hydrogens (tertiary/aromatic N) is 4. The Morgan fingerprint density at radius 2 is 0.941 bits per heavy atom. The van der Waals surface area contributed by atoms with E-state index < -0.39 is 12.3 Å². The minimum Gasteiger partial charge on any atom is -0.211 e. The maximum Gasteiger partial charge on any atom is 0.237 e. The molecular formula is C9H8N4O4. The first kappa shape index (κ1) is 14.5. The topological polar surface area (TPSA) is 118 Å². The molecule has 0 saturated carbocycles. The van der Waals surface area contributed by atoms with Crippen molar-refractivity contribution in [3.8, 4) is 0 Å². The van der Waals surface area contributed by atoms with E-state index in [1.807, 2.05) is 0 Å². The number of carbonyl (C=O) groups excluding carboxylic acids is 4. The zero-order valence-corrected chi connectivity index (χ0v) is 8.70. The SMILES string of the molecule is O=C=NC(CCCC(N=C=O)N=C=O)N=C=O. The van der Waals surface area contributed by atoms with Crippen LogP contribution in [0, 0.1) is 0 Å². The van der Waals surface area contributed by atoms with Crippen LogP contribution in [0.3, 0.4) is 0 Å². The zero-order chi connectivity index (χ0) is 12.9. The largest absolute Gasteiger partial charge is 0.237 e. The summed E-state index contributed by atoms with van der Waals surface area (Å²) in [6, 6.07) is 0. The monoisotopic (exact) mass is 236 g/mol. The van der Waals surface area contributed by atoms with E-state index in [4.69, 9.17) is 0 Å². The Bertz CT molecular complexity index is 348. The molecular weight excluding hydrogens is 228 g/mol. The third-order valence-electron chi connectivity index (χ3n) is 1.73. The summed E-state index contributed by atoms with van der Waals surface area (Å²) < 4.78 is 0. The first-order chi connectivity index (χ1) is 8.28. The molecule has 8 heteroatoms. The molecule has 8 nitrogen and oxygen atoms in total. The maximum atomic E-state index is 9.97. The van der Waals surface area contributed by atoms with Crippen molar-refractivity contribution in [3.05, 3.63) is 0 Å². The van der Waals surface area contributed by atoms with Gasteiger partial charge in [0.25, 0.3) is 0 Å². The Labute approximate surface area is 95.9 Å². The van der Waals surface area contributed by atoms with E-state index in [-0.39, 0.29) is 12.8 Å². The van der Waals surface area contributed by atoms with Crippen molar-refractivity contribution >= 4 is 24.3 Å². The van der Waals surface area contributed by atoms with E-state index >= 15 is 0 Å². The Morgan fingerprint density at radius 3 is 1.18 bits per heavy atom. The van der Waals surface area contributed by atoms with E-state index in [9.17, 15) is 19.2 Å².